The summed E-state index contributed by atoms with van der Waals surface area (Å²) in [5, 5.41) is 5.90. The first-order chi connectivity index (χ1) is 9.72. The number of amides is 1. The van der Waals surface area contributed by atoms with Crippen molar-refractivity contribution in [2.24, 2.45) is 0 Å². The van der Waals surface area contributed by atoms with E-state index >= 15 is 0 Å². The molecule has 6 heteroatoms. The van der Waals surface area contributed by atoms with Crippen LogP contribution in [0.1, 0.15) is 24.8 Å². The van der Waals surface area contributed by atoms with Gasteiger partial charge in [0.25, 0.3) is 0 Å². The molecule has 0 radical (unpaired) electrons. The lowest BCUT2D eigenvalue weighted by Crippen LogP contribution is -2.56. The third-order valence-corrected chi connectivity index (χ3v) is 4.10. The fourth-order valence-corrected chi connectivity index (χ4v) is 3.06. The van der Waals surface area contributed by atoms with Gasteiger partial charge in [-0.25, -0.2) is 9.18 Å². The first-order valence-electron chi connectivity index (χ1n) is 7.10. The van der Waals surface area contributed by atoms with Gasteiger partial charge < -0.3 is 15.4 Å². The number of nitrogens with one attached hydrogen (secondary N) is 2. The summed E-state index contributed by atoms with van der Waals surface area (Å²) in [7, 11) is 0. The van der Waals surface area contributed by atoms with Crippen LogP contribution in [0.4, 0.5) is 9.18 Å². The van der Waals surface area contributed by atoms with E-state index in [4.69, 9.17) is 4.74 Å². The van der Waals surface area contributed by atoms with Crippen LogP contribution in [-0.4, -0.2) is 30.4 Å². The highest BCUT2D eigenvalue weighted by Gasteiger charge is 2.42. The number of alkyl carbamates (subject to hydrolysis) is 1. The van der Waals surface area contributed by atoms with Crippen LogP contribution in [0, 0.1) is 0 Å². The van der Waals surface area contributed by atoms with Gasteiger partial charge >= 0.3 is 6.09 Å². The predicted molar refractivity (Wildman–Crippen MR) is 80.3 cm³/mol. The molecule has 3 rings (SSSR count). The number of piperidine rings is 1. The molecule has 4 nitrogen and oxygen atoms in total. The lowest BCUT2D eigenvalue weighted by molar-refractivity contribution is 0.111. The van der Waals surface area contributed by atoms with Gasteiger partial charge in [0.2, 0.25) is 0 Å². The Hall–Kier alpha value is -1.33. The minimum absolute atomic E-state index is 0. The second kappa shape index (κ2) is 7.09. The van der Waals surface area contributed by atoms with Crippen molar-refractivity contribution in [1.82, 2.24) is 10.6 Å². The van der Waals surface area contributed by atoms with E-state index in [1.54, 1.807) is 0 Å². The zero-order chi connectivity index (χ0) is 13.9. The predicted octanol–water partition coefficient (Wildman–Crippen LogP) is 2.57. The Balaban J connectivity index is 0.00000161. The lowest BCUT2D eigenvalue weighted by Gasteiger charge is -2.32. The fourth-order valence-electron chi connectivity index (χ4n) is 3.06. The Morgan fingerprint density at radius 1 is 1.33 bits per heavy atom. The minimum atomic E-state index is -1.03. The van der Waals surface area contributed by atoms with Crippen LogP contribution < -0.4 is 10.6 Å². The van der Waals surface area contributed by atoms with E-state index in [0.717, 1.165) is 18.4 Å². The maximum atomic E-state index is 14.1. The van der Waals surface area contributed by atoms with E-state index in [2.05, 4.69) is 10.6 Å². The zero-order valence-electron chi connectivity index (χ0n) is 11.6. The fraction of sp³-hybridized carbons (Fsp3) is 0.533. The van der Waals surface area contributed by atoms with Crippen LogP contribution >= 0.6 is 12.4 Å². The van der Waals surface area contributed by atoms with Crippen molar-refractivity contribution in [3.63, 3.8) is 0 Å². The molecule has 2 aliphatic rings. The molecule has 0 saturated carbocycles. The summed E-state index contributed by atoms with van der Waals surface area (Å²) in [5.74, 6) is 0. The topological polar surface area (TPSA) is 50.4 Å². The largest absolute Gasteiger partial charge is 0.445 e. The molecule has 1 aromatic carbocycles. The molecular formula is C15H20ClFN2O2. The summed E-state index contributed by atoms with van der Waals surface area (Å²) in [4.78, 5) is 11.7. The van der Waals surface area contributed by atoms with Crippen molar-refractivity contribution >= 4 is 18.5 Å². The average Bonchev–Trinajstić information content (AvgIpc) is 2.88. The molecule has 0 aromatic heterocycles. The van der Waals surface area contributed by atoms with Gasteiger partial charge in [-0.3, -0.25) is 0 Å². The highest BCUT2D eigenvalue weighted by molar-refractivity contribution is 5.85. The molecule has 2 bridgehead atoms. The molecule has 1 amide bonds. The molecule has 2 fully saturated rings. The number of carbonyl (C=O) groups is 1. The van der Waals surface area contributed by atoms with Gasteiger partial charge in [0.15, 0.2) is 0 Å². The summed E-state index contributed by atoms with van der Waals surface area (Å²) in [6.45, 7) is 0.210. The van der Waals surface area contributed by atoms with Crippen LogP contribution in [0.2, 0.25) is 0 Å². The molecule has 4 atom stereocenters. The summed E-state index contributed by atoms with van der Waals surface area (Å²) in [6.07, 6.45) is 0.907. The van der Waals surface area contributed by atoms with Gasteiger partial charge in [0.05, 0.1) is 6.04 Å². The second-order valence-corrected chi connectivity index (χ2v) is 5.54. The van der Waals surface area contributed by atoms with Gasteiger partial charge in [-0.2, -0.15) is 0 Å². The smallest absolute Gasteiger partial charge is 0.407 e. The Morgan fingerprint density at radius 2 is 2.10 bits per heavy atom. The number of rotatable bonds is 3. The minimum Gasteiger partial charge on any atom is -0.445 e. The highest BCUT2D eigenvalue weighted by Crippen LogP contribution is 2.29. The molecule has 0 spiro atoms. The maximum Gasteiger partial charge on any atom is 0.407 e. The first-order valence-corrected chi connectivity index (χ1v) is 7.10. The van der Waals surface area contributed by atoms with Crippen LogP contribution in [-0.2, 0) is 11.3 Å². The Bertz CT molecular complexity index is 474. The molecule has 0 unspecified atom stereocenters. The average molecular weight is 315 g/mol. The Kier molecular flexibility index (Phi) is 5.42. The van der Waals surface area contributed by atoms with Crippen molar-refractivity contribution in [2.45, 2.75) is 50.2 Å². The molecule has 2 saturated heterocycles. The number of halogens is 2. The van der Waals surface area contributed by atoms with Gasteiger partial charge in [0.1, 0.15) is 12.8 Å². The normalized spacial score (nSPS) is 30.3. The van der Waals surface area contributed by atoms with Gasteiger partial charge in [-0.1, -0.05) is 30.3 Å². The van der Waals surface area contributed by atoms with E-state index < -0.39 is 18.3 Å². The molecule has 2 aliphatic heterocycles. The summed E-state index contributed by atoms with van der Waals surface area (Å²) < 4.78 is 19.3. The van der Waals surface area contributed by atoms with Crippen LogP contribution in [0.15, 0.2) is 30.3 Å². The molecule has 0 aliphatic carbocycles. The third-order valence-electron chi connectivity index (χ3n) is 4.10. The quantitative estimate of drug-likeness (QED) is 0.901. The SMILES string of the molecule is Cl.O=C(N[C@H]1C[C@@H]2CC[C@@H](N2)[C@H]1F)OCc1ccccc1. The second-order valence-electron chi connectivity index (χ2n) is 5.54. The van der Waals surface area contributed by atoms with Crippen molar-refractivity contribution in [3.05, 3.63) is 35.9 Å². The molecule has 2 heterocycles. The zero-order valence-corrected chi connectivity index (χ0v) is 12.4. The molecule has 21 heavy (non-hydrogen) atoms. The van der Waals surface area contributed by atoms with Crippen LogP contribution in [0.25, 0.3) is 0 Å². The summed E-state index contributed by atoms with van der Waals surface area (Å²) in [5.41, 5.74) is 0.921. The van der Waals surface area contributed by atoms with Crippen molar-refractivity contribution in [1.29, 1.82) is 0 Å². The van der Waals surface area contributed by atoms with Crippen molar-refractivity contribution < 1.29 is 13.9 Å². The number of fused-ring (bicyclic) bond motifs is 2. The standard InChI is InChI=1S/C15H19FN2O2.ClH/c16-14-12-7-6-11(17-12)8-13(14)18-15(19)20-9-10-4-2-1-3-5-10;/h1-5,11-14,17H,6-9H2,(H,18,19);1H/t11-,12+,13-,14+;/m0./s1. The van der Waals surface area contributed by atoms with Crippen molar-refractivity contribution in [3.8, 4) is 0 Å². The van der Waals surface area contributed by atoms with Crippen molar-refractivity contribution in [2.75, 3.05) is 0 Å². The van der Waals surface area contributed by atoms with Crippen LogP contribution in [0.3, 0.4) is 0 Å². The van der Waals surface area contributed by atoms with E-state index in [1.165, 1.54) is 0 Å². The summed E-state index contributed by atoms with van der Waals surface area (Å²) >= 11 is 0. The molecular weight excluding hydrogens is 295 g/mol. The molecule has 1 aromatic rings. The Labute approximate surface area is 129 Å². The molecule has 2 N–H and O–H groups in total. The van der Waals surface area contributed by atoms with Gasteiger partial charge in [-0.15, -0.1) is 12.4 Å². The van der Waals surface area contributed by atoms with E-state index in [0.29, 0.717) is 12.5 Å². The van der Waals surface area contributed by atoms with E-state index in [9.17, 15) is 9.18 Å². The van der Waals surface area contributed by atoms with Gasteiger partial charge in [-0.05, 0) is 24.8 Å². The first kappa shape index (κ1) is 16.0. The summed E-state index contributed by atoms with van der Waals surface area (Å²) in [6, 6.07) is 9.22. The monoisotopic (exact) mass is 314 g/mol. The highest BCUT2D eigenvalue weighted by atomic mass is 35.5. The lowest BCUT2D eigenvalue weighted by atomic mass is 9.98. The third kappa shape index (κ3) is 3.86. The maximum absolute atomic E-state index is 14.1. The molecule has 116 valence electrons. The number of carbonyl (C=O) groups excluding carboxylic acids is 1. The Morgan fingerprint density at radius 3 is 2.86 bits per heavy atom. The van der Waals surface area contributed by atoms with E-state index in [1.807, 2.05) is 30.3 Å². The number of hydrogen-bond donors (Lipinski definition) is 2. The number of benzene rings is 1. The van der Waals surface area contributed by atoms with E-state index in [-0.39, 0.29) is 25.1 Å². The van der Waals surface area contributed by atoms with Gasteiger partial charge in [0, 0.05) is 12.1 Å². The number of alkyl halides is 1. The number of hydrogen-bond acceptors (Lipinski definition) is 3. The van der Waals surface area contributed by atoms with Crippen LogP contribution in [0.5, 0.6) is 0 Å². The number of ether oxygens (including phenoxy) is 1.